The van der Waals surface area contributed by atoms with Crippen LogP contribution >= 0.6 is 11.6 Å². The third-order valence-electron chi connectivity index (χ3n) is 3.87. The van der Waals surface area contributed by atoms with E-state index in [2.05, 4.69) is 34.0 Å². The average molecular weight is 347 g/mol. The first-order valence-corrected chi connectivity index (χ1v) is 8.21. The zero-order valence-electron chi connectivity index (χ0n) is 14.0. The van der Waals surface area contributed by atoms with E-state index in [1.807, 2.05) is 12.1 Å². The van der Waals surface area contributed by atoms with Gasteiger partial charge in [-0.25, -0.2) is 9.78 Å². The number of carbonyl (C=O) groups excluding carboxylic acids is 1. The molecule has 0 amide bonds. The zero-order valence-corrected chi connectivity index (χ0v) is 14.8. The lowest BCUT2D eigenvalue weighted by molar-refractivity contribution is 0.0526. The van der Waals surface area contributed by atoms with Crippen LogP contribution in [0.2, 0.25) is 5.02 Å². The van der Waals surface area contributed by atoms with Gasteiger partial charge in [0.1, 0.15) is 11.3 Å². The molecular weight excluding hydrogens is 328 g/mol. The fourth-order valence-electron chi connectivity index (χ4n) is 2.66. The number of esters is 1. The van der Waals surface area contributed by atoms with Crippen LogP contribution in [0, 0.1) is 6.92 Å². The van der Waals surface area contributed by atoms with Gasteiger partial charge in [-0.05, 0) is 37.5 Å². The third kappa shape index (κ3) is 2.78. The fourth-order valence-corrected chi connectivity index (χ4v) is 3.03. The van der Waals surface area contributed by atoms with Crippen LogP contribution in [0.5, 0.6) is 0 Å². The second-order valence-corrected chi connectivity index (χ2v) is 6.33. The summed E-state index contributed by atoms with van der Waals surface area (Å²) in [4.78, 5) is 19.9. The van der Waals surface area contributed by atoms with Gasteiger partial charge >= 0.3 is 5.97 Å². The summed E-state index contributed by atoms with van der Waals surface area (Å²) in [5, 5.41) is 7.72. The summed E-state index contributed by atoms with van der Waals surface area (Å²) in [5.74, 6) is 0.394. The van der Waals surface area contributed by atoms with E-state index in [1.165, 1.54) is 0 Å². The predicted molar refractivity (Wildman–Crippen MR) is 93.5 cm³/mol. The largest absolute Gasteiger partial charge is 0.462 e. The highest BCUT2D eigenvalue weighted by Crippen LogP contribution is 2.31. The van der Waals surface area contributed by atoms with E-state index in [0.29, 0.717) is 40.3 Å². The first-order chi connectivity index (χ1) is 11.4. The number of imidazole rings is 1. The van der Waals surface area contributed by atoms with E-state index in [9.17, 15) is 4.79 Å². The second-order valence-electron chi connectivity index (χ2n) is 5.92. The zero-order chi connectivity index (χ0) is 17.4. The molecule has 2 N–H and O–H groups in total. The van der Waals surface area contributed by atoms with Crippen molar-refractivity contribution >= 4 is 28.6 Å². The fraction of sp³-hybridized carbons (Fsp3) is 0.353. The van der Waals surface area contributed by atoms with Crippen LogP contribution in [0.15, 0.2) is 12.1 Å². The smallest absolute Gasteiger partial charge is 0.342 e. The number of nitrogens with one attached hydrogen (secondary N) is 2. The molecule has 24 heavy (non-hydrogen) atoms. The summed E-state index contributed by atoms with van der Waals surface area (Å²) in [6, 6.07) is 3.82. The van der Waals surface area contributed by atoms with E-state index in [-0.39, 0.29) is 0 Å². The molecule has 2 heterocycles. The molecule has 3 aromatic rings. The maximum absolute atomic E-state index is 12.2. The molecule has 3 rings (SSSR count). The molecule has 126 valence electrons. The van der Waals surface area contributed by atoms with E-state index >= 15 is 0 Å². The lowest BCUT2D eigenvalue weighted by atomic mass is 10.0. The molecule has 0 fully saturated rings. The standard InChI is InChI=1S/C17H19ClN4O2/c1-5-24-17(23)14-9(4)21-22-15(14)16-19-12-6-10(8(2)3)11(18)7-13(12)20-16/h6-8H,5H2,1-4H3,(H,19,20)(H,21,22). The quantitative estimate of drug-likeness (QED) is 0.693. The number of nitrogens with zero attached hydrogens (tertiary/aromatic N) is 2. The van der Waals surface area contributed by atoms with Crippen LogP contribution in [-0.2, 0) is 4.74 Å². The minimum absolute atomic E-state index is 0.302. The van der Waals surface area contributed by atoms with Crippen molar-refractivity contribution in [2.45, 2.75) is 33.6 Å². The number of H-pyrrole nitrogens is 2. The lowest BCUT2D eigenvalue weighted by Gasteiger charge is -2.07. The predicted octanol–water partition coefficient (Wildman–Crippen LogP) is 4.21. The van der Waals surface area contributed by atoms with Crippen molar-refractivity contribution in [1.29, 1.82) is 0 Å². The number of aromatic nitrogens is 4. The third-order valence-corrected chi connectivity index (χ3v) is 4.20. The molecule has 0 spiro atoms. The molecule has 0 saturated heterocycles. The van der Waals surface area contributed by atoms with Gasteiger partial charge in [0.25, 0.3) is 0 Å². The summed E-state index contributed by atoms with van der Waals surface area (Å²) in [5.41, 5.74) is 4.12. The molecule has 0 unspecified atom stereocenters. The van der Waals surface area contributed by atoms with Crippen LogP contribution in [0.1, 0.15) is 48.3 Å². The van der Waals surface area contributed by atoms with Gasteiger partial charge < -0.3 is 9.72 Å². The maximum Gasteiger partial charge on any atom is 0.342 e. The first kappa shape index (κ1) is 16.5. The summed E-state index contributed by atoms with van der Waals surface area (Å²) in [6.45, 7) is 8.01. The van der Waals surface area contributed by atoms with Crippen molar-refractivity contribution in [2.24, 2.45) is 0 Å². The van der Waals surface area contributed by atoms with Gasteiger partial charge in [-0.1, -0.05) is 25.4 Å². The average Bonchev–Trinajstić information content (AvgIpc) is 3.09. The minimum atomic E-state index is -0.417. The van der Waals surface area contributed by atoms with Crippen LogP contribution in [0.3, 0.4) is 0 Å². The number of hydrogen-bond acceptors (Lipinski definition) is 4. The lowest BCUT2D eigenvalue weighted by Crippen LogP contribution is -2.07. The molecule has 0 aliphatic carbocycles. The first-order valence-electron chi connectivity index (χ1n) is 7.84. The molecule has 0 saturated carbocycles. The van der Waals surface area contributed by atoms with E-state index < -0.39 is 5.97 Å². The number of benzene rings is 1. The van der Waals surface area contributed by atoms with E-state index in [0.717, 1.165) is 16.6 Å². The molecule has 0 aliphatic heterocycles. The van der Waals surface area contributed by atoms with Crippen molar-refractivity contribution in [2.75, 3.05) is 6.61 Å². The Morgan fingerprint density at radius 2 is 2.12 bits per heavy atom. The van der Waals surface area contributed by atoms with E-state index in [4.69, 9.17) is 16.3 Å². The van der Waals surface area contributed by atoms with Crippen LogP contribution in [0.25, 0.3) is 22.6 Å². The molecule has 0 aliphatic rings. The van der Waals surface area contributed by atoms with Crippen molar-refractivity contribution in [3.8, 4) is 11.5 Å². The van der Waals surface area contributed by atoms with Gasteiger partial charge in [-0.3, -0.25) is 5.10 Å². The number of aromatic amines is 2. The van der Waals surface area contributed by atoms with Crippen molar-refractivity contribution in [1.82, 2.24) is 20.2 Å². The molecule has 6 nitrogen and oxygen atoms in total. The van der Waals surface area contributed by atoms with Crippen molar-refractivity contribution in [3.05, 3.63) is 34.0 Å². The molecular formula is C17H19ClN4O2. The highest BCUT2D eigenvalue weighted by Gasteiger charge is 2.23. The molecule has 0 radical (unpaired) electrons. The van der Waals surface area contributed by atoms with E-state index in [1.54, 1.807) is 13.8 Å². The van der Waals surface area contributed by atoms with Gasteiger partial charge in [0, 0.05) is 10.7 Å². The molecule has 2 aromatic heterocycles. The Kier molecular flexibility index (Phi) is 4.32. The van der Waals surface area contributed by atoms with Gasteiger partial charge in [0.05, 0.1) is 17.6 Å². The second kappa shape index (κ2) is 6.28. The molecule has 0 bridgehead atoms. The topological polar surface area (TPSA) is 83.7 Å². The Morgan fingerprint density at radius 1 is 1.38 bits per heavy atom. The Hall–Kier alpha value is -2.34. The summed E-state index contributed by atoms with van der Waals surface area (Å²) >= 11 is 6.33. The number of fused-ring (bicyclic) bond motifs is 1. The molecule has 7 heteroatoms. The number of ether oxygens (including phenoxy) is 1. The Morgan fingerprint density at radius 3 is 2.79 bits per heavy atom. The van der Waals surface area contributed by atoms with Crippen LogP contribution in [-0.4, -0.2) is 32.7 Å². The Bertz CT molecular complexity index is 911. The van der Waals surface area contributed by atoms with Gasteiger partial charge in [-0.15, -0.1) is 0 Å². The van der Waals surface area contributed by atoms with Crippen molar-refractivity contribution < 1.29 is 9.53 Å². The molecule has 1 aromatic carbocycles. The molecule has 0 atom stereocenters. The number of halogens is 1. The maximum atomic E-state index is 12.2. The Labute approximate surface area is 144 Å². The minimum Gasteiger partial charge on any atom is -0.462 e. The SMILES string of the molecule is CCOC(=O)c1c(-c2nc3cc(Cl)c(C(C)C)cc3[nH]2)n[nH]c1C. The van der Waals surface area contributed by atoms with Crippen molar-refractivity contribution in [3.63, 3.8) is 0 Å². The van der Waals surface area contributed by atoms with Gasteiger partial charge in [0.2, 0.25) is 0 Å². The summed E-state index contributed by atoms with van der Waals surface area (Å²) in [7, 11) is 0. The number of aryl methyl sites for hydroxylation is 1. The number of hydrogen-bond donors (Lipinski definition) is 2. The van der Waals surface area contributed by atoms with Gasteiger partial charge in [0.15, 0.2) is 5.82 Å². The highest BCUT2D eigenvalue weighted by atomic mass is 35.5. The highest BCUT2D eigenvalue weighted by molar-refractivity contribution is 6.32. The number of carbonyl (C=O) groups is 1. The normalized spacial score (nSPS) is 11.4. The number of rotatable bonds is 4. The summed E-state index contributed by atoms with van der Waals surface area (Å²) in [6.07, 6.45) is 0. The summed E-state index contributed by atoms with van der Waals surface area (Å²) < 4.78 is 5.11. The van der Waals surface area contributed by atoms with Crippen LogP contribution < -0.4 is 0 Å². The monoisotopic (exact) mass is 346 g/mol. The van der Waals surface area contributed by atoms with Crippen LogP contribution in [0.4, 0.5) is 0 Å². The Balaban J connectivity index is 2.13. The van der Waals surface area contributed by atoms with Gasteiger partial charge in [-0.2, -0.15) is 5.10 Å².